The predicted octanol–water partition coefficient (Wildman–Crippen LogP) is 3.93. The van der Waals surface area contributed by atoms with Gasteiger partial charge < -0.3 is 14.8 Å². The van der Waals surface area contributed by atoms with Crippen LogP contribution in [-0.4, -0.2) is 37.1 Å². The summed E-state index contributed by atoms with van der Waals surface area (Å²) in [5.74, 6) is 1.67. The van der Waals surface area contributed by atoms with Gasteiger partial charge in [-0.05, 0) is 61.7 Å². The zero-order chi connectivity index (χ0) is 18.6. The fourth-order valence-electron chi connectivity index (χ4n) is 3.89. The van der Waals surface area contributed by atoms with Crippen LogP contribution >= 0.6 is 0 Å². The number of amides is 1. The van der Waals surface area contributed by atoms with Crippen molar-refractivity contribution in [3.8, 4) is 11.5 Å². The molecule has 142 valence electrons. The summed E-state index contributed by atoms with van der Waals surface area (Å²) in [7, 11) is 0. The smallest absolute Gasteiger partial charge is 0.238 e. The van der Waals surface area contributed by atoms with E-state index >= 15 is 0 Å². The van der Waals surface area contributed by atoms with E-state index in [2.05, 4.69) is 22.3 Å². The maximum atomic E-state index is 12.5. The molecule has 2 aromatic rings. The average Bonchev–Trinajstić information content (AvgIpc) is 2.97. The molecule has 1 saturated heterocycles. The Morgan fingerprint density at radius 2 is 1.96 bits per heavy atom. The molecule has 0 bridgehead atoms. The first-order valence-electron chi connectivity index (χ1n) is 9.69. The second-order valence-corrected chi connectivity index (χ2v) is 7.30. The van der Waals surface area contributed by atoms with Crippen molar-refractivity contribution < 1.29 is 14.3 Å². The summed E-state index contributed by atoms with van der Waals surface area (Å²) in [6.45, 7) is 4.73. The second kappa shape index (κ2) is 8.01. The minimum Gasteiger partial charge on any atom is -0.490 e. The molecular weight excluding hydrogens is 340 g/mol. The Morgan fingerprint density at radius 1 is 1.11 bits per heavy atom. The van der Waals surface area contributed by atoms with Gasteiger partial charge in [0.2, 0.25) is 5.91 Å². The second-order valence-electron chi connectivity index (χ2n) is 7.30. The summed E-state index contributed by atoms with van der Waals surface area (Å²) in [6, 6.07) is 14.3. The molecule has 5 nitrogen and oxygen atoms in total. The molecule has 1 atom stereocenters. The number of hydrogen-bond donors (Lipinski definition) is 1. The van der Waals surface area contributed by atoms with Crippen LogP contribution < -0.4 is 14.8 Å². The van der Waals surface area contributed by atoms with E-state index in [1.807, 2.05) is 37.3 Å². The summed E-state index contributed by atoms with van der Waals surface area (Å²) in [4.78, 5) is 14.8. The number of nitrogens with one attached hydrogen (secondary N) is 1. The van der Waals surface area contributed by atoms with Crippen LogP contribution in [0.25, 0.3) is 0 Å². The summed E-state index contributed by atoms with van der Waals surface area (Å²) in [5.41, 5.74) is 3.19. The lowest BCUT2D eigenvalue weighted by Crippen LogP contribution is -2.33. The molecule has 0 saturated carbocycles. The van der Waals surface area contributed by atoms with E-state index in [9.17, 15) is 4.79 Å². The number of likely N-dealkylation sites (tertiary alicyclic amines) is 1. The number of benzene rings is 2. The van der Waals surface area contributed by atoms with E-state index < -0.39 is 0 Å². The van der Waals surface area contributed by atoms with Crippen LogP contribution in [0.1, 0.15) is 36.4 Å². The van der Waals surface area contributed by atoms with E-state index in [-0.39, 0.29) is 11.9 Å². The normalized spacial score (nSPS) is 19.5. The van der Waals surface area contributed by atoms with Crippen molar-refractivity contribution in [2.24, 2.45) is 0 Å². The number of nitrogens with zero attached hydrogens (tertiary/aromatic N) is 1. The fourth-order valence-corrected chi connectivity index (χ4v) is 3.89. The highest BCUT2D eigenvalue weighted by Gasteiger charge is 2.28. The highest BCUT2D eigenvalue weighted by Crippen LogP contribution is 2.37. The van der Waals surface area contributed by atoms with E-state index in [1.165, 1.54) is 5.56 Å². The van der Waals surface area contributed by atoms with Crippen molar-refractivity contribution in [3.05, 3.63) is 53.6 Å². The average molecular weight is 366 g/mol. The Bertz CT molecular complexity index is 821. The summed E-state index contributed by atoms with van der Waals surface area (Å²) in [5, 5.41) is 3.01. The van der Waals surface area contributed by atoms with E-state index in [0.717, 1.165) is 48.6 Å². The third-order valence-corrected chi connectivity index (χ3v) is 5.17. The van der Waals surface area contributed by atoms with Crippen molar-refractivity contribution in [2.45, 2.75) is 32.2 Å². The Labute approximate surface area is 160 Å². The third kappa shape index (κ3) is 4.25. The van der Waals surface area contributed by atoms with Gasteiger partial charge in [0.25, 0.3) is 0 Å². The summed E-state index contributed by atoms with van der Waals surface area (Å²) >= 11 is 0. The van der Waals surface area contributed by atoms with Crippen LogP contribution in [0, 0.1) is 6.92 Å². The molecule has 0 aliphatic carbocycles. The van der Waals surface area contributed by atoms with E-state index in [0.29, 0.717) is 19.8 Å². The SMILES string of the molecule is Cc1cccc(NC(=O)CN2CCC[C@@H]2c2ccc3c(c2)OCCCO3)c1. The van der Waals surface area contributed by atoms with E-state index in [1.54, 1.807) is 0 Å². The molecule has 1 N–H and O–H groups in total. The van der Waals surface area contributed by atoms with Gasteiger partial charge in [-0.2, -0.15) is 0 Å². The first-order valence-corrected chi connectivity index (χ1v) is 9.69. The first kappa shape index (κ1) is 17.9. The van der Waals surface area contributed by atoms with Gasteiger partial charge in [0.1, 0.15) is 0 Å². The zero-order valence-corrected chi connectivity index (χ0v) is 15.7. The number of hydrogen-bond acceptors (Lipinski definition) is 4. The zero-order valence-electron chi connectivity index (χ0n) is 15.7. The summed E-state index contributed by atoms with van der Waals surface area (Å²) < 4.78 is 11.6. The highest BCUT2D eigenvalue weighted by atomic mass is 16.5. The van der Waals surface area contributed by atoms with Crippen LogP contribution in [0.2, 0.25) is 0 Å². The first-order chi connectivity index (χ1) is 13.2. The molecule has 0 unspecified atom stereocenters. The minimum absolute atomic E-state index is 0.0295. The number of carbonyl (C=O) groups excluding carboxylic acids is 1. The molecule has 4 rings (SSSR count). The van der Waals surface area contributed by atoms with Gasteiger partial charge in [-0.1, -0.05) is 18.2 Å². The van der Waals surface area contributed by atoms with Crippen molar-refractivity contribution >= 4 is 11.6 Å². The number of carbonyl (C=O) groups is 1. The molecule has 2 aliphatic heterocycles. The number of aryl methyl sites for hydroxylation is 1. The fraction of sp³-hybridized carbons (Fsp3) is 0.409. The molecule has 0 radical (unpaired) electrons. The van der Waals surface area contributed by atoms with Crippen molar-refractivity contribution in [1.82, 2.24) is 4.90 Å². The maximum absolute atomic E-state index is 12.5. The van der Waals surface area contributed by atoms with Crippen LogP contribution in [0.4, 0.5) is 5.69 Å². The van der Waals surface area contributed by atoms with Crippen LogP contribution in [0.15, 0.2) is 42.5 Å². The molecule has 1 fully saturated rings. The highest BCUT2D eigenvalue weighted by molar-refractivity contribution is 5.92. The van der Waals surface area contributed by atoms with Gasteiger partial charge in [-0.25, -0.2) is 0 Å². The Morgan fingerprint density at radius 3 is 2.81 bits per heavy atom. The van der Waals surface area contributed by atoms with Gasteiger partial charge >= 0.3 is 0 Å². The Kier molecular flexibility index (Phi) is 5.30. The Hall–Kier alpha value is -2.53. The number of ether oxygens (including phenoxy) is 2. The van der Waals surface area contributed by atoms with Gasteiger partial charge in [0.15, 0.2) is 11.5 Å². The van der Waals surface area contributed by atoms with Crippen molar-refractivity contribution in [2.75, 3.05) is 31.6 Å². The number of anilines is 1. The van der Waals surface area contributed by atoms with Gasteiger partial charge in [-0.3, -0.25) is 9.69 Å². The van der Waals surface area contributed by atoms with Crippen LogP contribution in [-0.2, 0) is 4.79 Å². The maximum Gasteiger partial charge on any atom is 0.238 e. The molecule has 1 amide bonds. The molecule has 2 heterocycles. The molecule has 5 heteroatoms. The lowest BCUT2D eigenvalue weighted by atomic mass is 10.0. The summed E-state index contributed by atoms with van der Waals surface area (Å²) in [6.07, 6.45) is 3.05. The molecule has 2 aromatic carbocycles. The molecular formula is C22H26N2O3. The van der Waals surface area contributed by atoms with Crippen LogP contribution in [0.5, 0.6) is 11.5 Å². The molecule has 0 aromatic heterocycles. The lowest BCUT2D eigenvalue weighted by Gasteiger charge is -2.25. The third-order valence-electron chi connectivity index (χ3n) is 5.17. The topological polar surface area (TPSA) is 50.8 Å². The molecule has 27 heavy (non-hydrogen) atoms. The Balaban J connectivity index is 1.44. The van der Waals surface area contributed by atoms with Crippen molar-refractivity contribution in [1.29, 1.82) is 0 Å². The molecule has 0 spiro atoms. The number of rotatable bonds is 4. The largest absolute Gasteiger partial charge is 0.490 e. The van der Waals surface area contributed by atoms with Gasteiger partial charge in [-0.15, -0.1) is 0 Å². The quantitative estimate of drug-likeness (QED) is 0.891. The molecule has 2 aliphatic rings. The standard InChI is InChI=1S/C22H26N2O3/c1-16-5-2-6-18(13-16)23-22(25)15-24-10-3-7-19(24)17-8-9-20-21(14-17)27-12-4-11-26-20/h2,5-6,8-9,13-14,19H,3-4,7,10-12,15H2,1H3,(H,23,25)/t19-/m1/s1. The minimum atomic E-state index is 0.0295. The van der Waals surface area contributed by atoms with E-state index in [4.69, 9.17) is 9.47 Å². The van der Waals surface area contributed by atoms with Crippen molar-refractivity contribution in [3.63, 3.8) is 0 Å². The number of fused-ring (bicyclic) bond motifs is 1. The van der Waals surface area contributed by atoms with Crippen LogP contribution in [0.3, 0.4) is 0 Å². The van der Waals surface area contributed by atoms with Gasteiger partial charge in [0, 0.05) is 18.2 Å². The lowest BCUT2D eigenvalue weighted by molar-refractivity contribution is -0.117. The monoisotopic (exact) mass is 366 g/mol. The predicted molar refractivity (Wildman–Crippen MR) is 105 cm³/mol. The van der Waals surface area contributed by atoms with Gasteiger partial charge in [0.05, 0.1) is 19.8 Å².